The minimum atomic E-state index is -0.495. The van der Waals surface area contributed by atoms with Crippen molar-refractivity contribution in [3.05, 3.63) is 47.5 Å². The molecule has 0 saturated carbocycles. The van der Waals surface area contributed by atoms with Crippen LogP contribution in [0.1, 0.15) is 68.2 Å². The molecule has 3 aliphatic heterocycles. The highest BCUT2D eigenvalue weighted by atomic mass is 16.5. The zero-order chi connectivity index (χ0) is 27.2. The van der Waals surface area contributed by atoms with Gasteiger partial charge in [0.1, 0.15) is 17.7 Å². The lowest BCUT2D eigenvalue weighted by molar-refractivity contribution is -0.143. The van der Waals surface area contributed by atoms with Gasteiger partial charge in [0.25, 0.3) is 0 Å². The summed E-state index contributed by atoms with van der Waals surface area (Å²) >= 11 is 0. The zero-order valence-corrected chi connectivity index (χ0v) is 22.9. The predicted octanol–water partition coefficient (Wildman–Crippen LogP) is 2.42. The number of benzene rings is 1. The molecule has 0 bridgehead atoms. The lowest BCUT2D eigenvalue weighted by Gasteiger charge is -2.36. The maximum Gasteiger partial charge on any atom is 0.243 e. The number of fused-ring (bicyclic) bond motifs is 2. The Morgan fingerprint density at radius 2 is 1.79 bits per heavy atom. The van der Waals surface area contributed by atoms with E-state index in [9.17, 15) is 14.4 Å². The summed E-state index contributed by atoms with van der Waals surface area (Å²) in [4.78, 5) is 48.9. The lowest BCUT2D eigenvalue weighted by atomic mass is 9.98. The first kappa shape index (κ1) is 27.3. The molecule has 0 aliphatic carbocycles. The van der Waals surface area contributed by atoms with Gasteiger partial charge in [-0.3, -0.25) is 14.4 Å². The monoisotopic (exact) mass is 536 g/mol. The van der Waals surface area contributed by atoms with E-state index in [-0.39, 0.29) is 23.6 Å². The van der Waals surface area contributed by atoms with Gasteiger partial charge in [-0.1, -0.05) is 30.3 Å². The Bertz CT molecular complexity index is 1150. The van der Waals surface area contributed by atoms with Crippen LogP contribution in [0.25, 0.3) is 0 Å². The van der Waals surface area contributed by atoms with Crippen LogP contribution >= 0.6 is 0 Å². The molecule has 4 heterocycles. The van der Waals surface area contributed by atoms with Gasteiger partial charge in [0.15, 0.2) is 0 Å². The van der Waals surface area contributed by atoms with Gasteiger partial charge in [-0.05, 0) is 57.4 Å². The Morgan fingerprint density at radius 1 is 1.00 bits per heavy atom. The number of hydrogen-bond donors (Lipinski definition) is 1. The Hall–Kier alpha value is -3.27. The number of amides is 3. The zero-order valence-electron chi connectivity index (χ0n) is 22.9. The molecular weight excluding hydrogens is 496 g/mol. The molecule has 0 spiro atoms. The number of nitrogens with zero attached hydrogens (tertiary/aromatic N) is 5. The first-order valence-corrected chi connectivity index (χ1v) is 14.4. The molecule has 39 heavy (non-hydrogen) atoms. The second-order valence-electron chi connectivity index (χ2n) is 10.9. The summed E-state index contributed by atoms with van der Waals surface area (Å²) in [6, 6.07) is 9.10. The molecule has 5 rings (SSSR count). The fraction of sp³-hybridized carbons (Fsp3) is 0.621. The molecule has 2 fully saturated rings. The van der Waals surface area contributed by atoms with E-state index in [1.54, 1.807) is 4.90 Å². The van der Waals surface area contributed by atoms with E-state index >= 15 is 0 Å². The molecule has 1 N–H and O–H groups in total. The molecule has 2 aromatic rings. The normalized spacial score (nSPS) is 23.9. The SMILES string of the molecule is Cc1nc2n(n1)CCN(C(=O)C1CCOCC1)CCCC(=O)N1CCCC[C@H]1C(=O)N[C@@H]2Cc1ccccc1. The molecule has 10 nitrogen and oxygen atoms in total. The Balaban J connectivity index is 1.46. The maximum absolute atomic E-state index is 13.7. The van der Waals surface area contributed by atoms with Gasteiger partial charge in [0.05, 0.1) is 12.6 Å². The summed E-state index contributed by atoms with van der Waals surface area (Å²) < 4.78 is 7.33. The highest BCUT2D eigenvalue weighted by Crippen LogP contribution is 2.24. The average Bonchev–Trinajstić information content (AvgIpc) is 3.34. The molecule has 2 saturated heterocycles. The third-order valence-corrected chi connectivity index (χ3v) is 8.13. The standard InChI is InChI=1S/C29H40N6O4/c1-21-30-27-24(20-22-8-3-2-4-9-22)31-28(37)25-10-5-6-15-34(25)26(36)11-7-14-33(16-17-35(27)32-21)29(38)23-12-18-39-19-13-23/h2-4,8-9,23-25H,5-7,10-20H2,1H3,(H,31,37)/t24-,25+/m1/s1. The Kier molecular flexibility index (Phi) is 8.91. The van der Waals surface area contributed by atoms with Crippen molar-refractivity contribution in [2.45, 2.75) is 76.9 Å². The number of nitrogens with one attached hydrogen (secondary N) is 1. The van der Waals surface area contributed by atoms with Gasteiger partial charge in [0, 0.05) is 45.2 Å². The molecule has 10 heteroatoms. The van der Waals surface area contributed by atoms with E-state index < -0.39 is 12.1 Å². The van der Waals surface area contributed by atoms with Crippen molar-refractivity contribution in [1.82, 2.24) is 29.9 Å². The van der Waals surface area contributed by atoms with Crippen molar-refractivity contribution in [3.8, 4) is 0 Å². The molecule has 1 aromatic heterocycles. The van der Waals surface area contributed by atoms with E-state index in [2.05, 4.69) is 10.4 Å². The number of aromatic nitrogens is 3. The first-order valence-electron chi connectivity index (χ1n) is 14.4. The minimum absolute atomic E-state index is 0.0102. The Morgan fingerprint density at radius 3 is 2.59 bits per heavy atom. The second-order valence-corrected chi connectivity index (χ2v) is 10.9. The predicted molar refractivity (Wildman–Crippen MR) is 144 cm³/mol. The van der Waals surface area contributed by atoms with E-state index in [0.717, 1.165) is 31.2 Å². The number of rotatable bonds is 3. The van der Waals surface area contributed by atoms with E-state index in [0.29, 0.717) is 76.7 Å². The van der Waals surface area contributed by atoms with Crippen molar-refractivity contribution in [1.29, 1.82) is 0 Å². The summed E-state index contributed by atoms with van der Waals surface area (Å²) in [5.74, 6) is 1.23. The van der Waals surface area contributed by atoms with Crippen LogP contribution in [-0.4, -0.2) is 81.2 Å². The van der Waals surface area contributed by atoms with Gasteiger partial charge < -0.3 is 19.9 Å². The number of carbonyl (C=O) groups excluding carboxylic acids is 3. The highest BCUT2D eigenvalue weighted by molar-refractivity contribution is 5.88. The van der Waals surface area contributed by atoms with Crippen LogP contribution in [0.4, 0.5) is 0 Å². The number of carbonyl (C=O) groups is 3. The number of hydrogen-bond acceptors (Lipinski definition) is 6. The van der Waals surface area contributed by atoms with Gasteiger partial charge in [-0.25, -0.2) is 9.67 Å². The quantitative estimate of drug-likeness (QED) is 0.645. The molecule has 3 aliphatic rings. The number of ether oxygens (including phenoxy) is 1. The van der Waals surface area contributed by atoms with E-state index in [4.69, 9.17) is 9.72 Å². The third-order valence-electron chi connectivity index (χ3n) is 8.13. The van der Waals surface area contributed by atoms with Gasteiger partial charge in [-0.15, -0.1) is 0 Å². The fourth-order valence-electron chi connectivity index (χ4n) is 6.04. The fourth-order valence-corrected chi connectivity index (χ4v) is 6.04. The molecule has 2 atom stereocenters. The van der Waals surface area contributed by atoms with Gasteiger partial charge in [-0.2, -0.15) is 5.10 Å². The van der Waals surface area contributed by atoms with Gasteiger partial charge in [0.2, 0.25) is 17.7 Å². The summed E-state index contributed by atoms with van der Waals surface area (Å²) in [5.41, 5.74) is 1.07. The largest absolute Gasteiger partial charge is 0.381 e. The lowest BCUT2D eigenvalue weighted by Crippen LogP contribution is -2.53. The number of piperidine rings is 1. The molecule has 3 amide bonds. The van der Waals surface area contributed by atoms with E-state index in [1.165, 1.54) is 0 Å². The molecular formula is C29H40N6O4. The topological polar surface area (TPSA) is 110 Å². The maximum atomic E-state index is 13.7. The summed E-state index contributed by atoms with van der Waals surface area (Å²) in [5, 5.41) is 7.91. The summed E-state index contributed by atoms with van der Waals surface area (Å²) in [7, 11) is 0. The number of aryl methyl sites for hydroxylation is 1. The minimum Gasteiger partial charge on any atom is -0.381 e. The van der Waals surface area contributed by atoms with Crippen LogP contribution in [0.15, 0.2) is 30.3 Å². The van der Waals surface area contributed by atoms with Crippen molar-refractivity contribution >= 4 is 17.7 Å². The van der Waals surface area contributed by atoms with Crippen LogP contribution in [0.5, 0.6) is 0 Å². The summed E-state index contributed by atoms with van der Waals surface area (Å²) in [6.45, 7) is 5.08. The van der Waals surface area contributed by atoms with Crippen LogP contribution in [-0.2, 0) is 32.1 Å². The van der Waals surface area contributed by atoms with Crippen molar-refractivity contribution in [2.75, 3.05) is 32.8 Å². The molecule has 210 valence electrons. The second kappa shape index (κ2) is 12.7. The van der Waals surface area contributed by atoms with Crippen LogP contribution in [0.3, 0.4) is 0 Å². The van der Waals surface area contributed by atoms with Crippen molar-refractivity contribution in [3.63, 3.8) is 0 Å². The van der Waals surface area contributed by atoms with Crippen LogP contribution in [0, 0.1) is 12.8 Å². The Labute approximate surface area is 230 Å². The molecule has 1 aromatic carbocycles. The first-order chi connectivity index (χ1) is 19.0. The van der Waals surface area contributed by atoms with Crippen molar-refractivity contribution < 1.29 is 19.1 Å². The van der Waals surface area contributed by atoms with Crippen molar-refractivity contribution in [2.24, 2.45) is 5.92 Å². The molecule has 0 radical (unpaired) electrons. The summed E-state index contributed by atoms with van der Waals surface area (Å²) in [6.07, 6.45) is 5.34. The van der Waals surface area contributed by atoms with E-state index in [1.807, 2.05) is 46.8 Å². The third kappa shape index (κ3) is 6.66. The van der Waals surface area contributed by atoms with Gasteiger partial charge >= 0.3 is 0 Å². The van der Waals surface area contributed by atoms with Crippen LogP contribution in [0.2, 0.25) is 0 Å². The highest BCUT2D eigenvalue weighted by Gasteiger charge is 2.35. The smallest absolute Gasteiger partial charge is 0.243 e. The molecule has 0 unspecified atom stereocenters. The average molecular weight is 537 g/mol. The van der Waals surface area contributed by atoms with Crippen LogP contribution < -0.4 is 5.32 Å².